The molecule has 0 aliphatic carbocycles. The van der Waals surface area contributed by atoms with Crippen molar-refractivity contribution in [3.05, 3.63) is 0 Å². The molecule has 0 radical (unpaired) electrons. The Morgan fingerprint density at radius 3 is 2.43 bits per heavy atom. The summed E-state index contributed by atoms with van der Waals surface area (Å²) in [6.45, 7) is 6.46. The van der Waals surface area contributed by atoms with E-state index >= 15 is 0 Å². The van der Waals surface area contributed by atoms with Crippen molar-refractivity contribution in [1.29, 1.82) is 0 Å². The second kappa shape index (κ2) is 6.05. The van der Waals surface area contributed by atoms with Crippen molar-refractivity contribution in [2.75, 3.05) is 0 Å². The highest BCUT2D eigenvalue weighted by molar-refractivity contribution is 5.77. The van der Waals surface area contributed by atoms with E-state index < -0.39 is 0 Å². The van der Waals surface area contributed by atoms with Gasteiger partial charge in [-0.1, -0.05) is 32.6 Å². The normalized spacial score (nSPS) is 26.1. The fraction of sp³-hybridized carbons (Fsp3) is 0.917. The molecule has 2 nitrogen and oxygen atoms in total. The van der Waals surface area contributed by atoms with E-state index in [1.54, 1.807) is 0 Å². The molecule has 82 valence electrons. The molecule has 2 atom stereocenters. The van der Waals surface area contributed by atoms with Gasteiger partial charge in [-0.05, 0) is 20.3 Å². The number of hydrogen-bond acceptors (Lipinski definition) is 2. The van der Waals surface area contributed by atoms with Crippen LogP contribution in [-0.2, 0) is 4.74 Å². The molecule has 2 unspecified atom stereocenters. The van der Waals surface area contributed by atoms with E-state index in [-0.39, 0.29) is 0 Å². The number of hydrogen-bond donors (Lipinski definition) is 0. The van der Waals surface area contributed by atoms with Crippen LogP contribution in [-0.4, -0.2) is 18.0 Å². The van der Waals surface area contributed by atoms with Gasteiger partial charge in [0.1, 0.15) is 6.10 Å². The maximum Gasteiger partial charge on any atom is 0.183 e. The van der Waals surface area contributed by atoms with E-state index in [0.717, 1.165) is 12.3 Å². The lowest BCUT2D eigenvalue weighted by Gasteiger charge is -2.07. The molecule has 0 aromatic carbocycles. The third-order valence-corrected chi connectivity index (χ3v) is 2.84. The van der Waals surface area contributed by atoms with Gasteiger partial charge in [0.15, 0.2) is 5.90 Å². The molecule has 0 saturated carbocycles. The van der Waals surface area contributed by atoms with Crippen LogP contribution in [0.25, 0.3) is 0 Å². The lowest BCUT2D eigenvalue weighted by Crippen LogP contribution is -2.14. The van der Waals surface area contributed by atoms with Crippen molar-refractivity contribution in [2.45, 2.75) is 71.4 Å². The fourth-order valence-corrected chi connectivity index (χ4v) is 1.68. The molecule has 1 heterocycles. The molecule has 0 bridgehead atoms. The summed E-state index contributed by atoms with van der Waals surface area (Å²) in [7, 11) is 0. The molecular weight excluding hydrogens is 174 g/mol. The molecule has 14 heavy (non-hydrogen) atoms. The third kappa shape index (κ3) is 3.69. The Kier molecular flexibility index (Phi) is 4.99. The Labute approximate surface area is 87.8 Å². The van der Waals surface area contributed by atoms with Gasteiger partial charge in [0.05, 0.1) is 6.04 Å². The van der Waals surface area contributed by atoms with E-state index in [0.29, 0.717) is 12.1 Å². The quantitative estimate of drug-likeness (QED) is 0.597. The molecule has 0 aromatic heterocycles. The molecule has 0 amide bonds. The maximum atomic E-state index is 5.63. The largest absolute Gasteiger partial charge is 0.476 e. The van der Waals surface area contributed by atoms with Crippen LogP contribution in [0.15, 0.2) is 4.99 Å². The topological polar surface area (TPSA) is 21.6 Å². The monoisotopic (exact) mass is 197 g/mol. The molecule has 0 fully saturated rings. The fourth-order valence-electron chi connectivity index (χ4n) is 1.68. The zero-order chi connectivity index (χ0) is 10.4. The summed E-state index contributed by atoms with van der Waals surface area (Å²) in [6.07, 6.45) is 7.91. The molecule has 1 aliphatic rings. The van der Waals surface area contributed by atoms with Crippen LogP contribution >= 0.6 is 0 Å². The smallest absolute Gasteiger partial charge is 0.183 e. The molecule has 1 rings (SSSR count). The first kappa shape index (κ1) is 11.5. The van der Waals surface area contributed by atoms with Gasteiger partial charge in [-0.3, -0.25) is 0 Å². The molecule has 2 heteroatoms. The first-order chi connectivity index (χ1) is 6.74. The first-order valence-corrected chi connectivity index (χ1v) is 5.97. The summed E-state index contributed by atoms with van der Waals surface area (Å²) in [5.41, 5.74) is 0. The number of ether oxygens (including phenoxy) is 1. The van der Waals surface area contributed by atoms with Crippen LogP contribution < -0.4 is 0 Å². The summed E-state index contributed by atoms with van der Waals surface area (Å²) >= 11 is 0. The SMILES string of the molecule is CCCCCCCC1=NC(C)C(C)O1. The van der Waals surface area contributed by atoms with Crippen molar-refractivity contribution < 1.29 is 4.74 Å². The molecule has 1 aliphatic heterocycles. The van der Waals surface area contributed by atoms with Gasteiger partial charge >= 0.3 is 0 Å². The van der Waals surface area contributed by atoms with E-state index in [2.05, 4.69) is 25.8 Å². The van der Waals surface area contributed by atoms with Gasteiger partial charge in [0.2, 0.25) is 0 Å². The average molecular weight is 197 g/mol. The van der Waals surface area contributed by atoms with Crippen LogP contribution in [0.3, 0.4) is 0 Å². The zero-order valence-corrected chi connectivity index (χ0v) is 9.75. The van der Waals surface area contributed by atoms with Crippen LogP contribution in [0.5, 0.6) is 0 Å². The predicted octanol–water partition coefficient (Wildman–Crippen LogP) is 3.55. The third-order valence-electron chi connectivity index (χ3n) is 2.84. The predicted molar refractivity (Wildman–Crippen MR) is 60.8 cm³/mol. The summed E-state index contributed by atoms with van der Waals surface area (Å²) in [4.78, 5) is 4.48. The van der Waals surface area contributed by atoms with Crippen molar-refractivity contribution in [2.24, 2.45) is 4.99 Å². The Morgan fingerprint density at radius 1 is 1.14 bits per heavy atom. The van der Waals surface area contributed by atoms with Gasteiger partial charge < -0.3 is 4.74 Å². The van der Waals surface area contributed by atoms with Crippen LogP contribution in [0.4, 0.5) is 0 Å². The van der Waals surface area contributed by atoms with Crippen molar-refractivity contribution in [3.63, 3.8) is 0 Å². The Bertz CT molecular complexity index is 189. The van der Waals surface area contributed by atoms with E-state index in [1.165, 1.54) is 32.1 Å². The minimum atomic E-state index is 0.292. The highest BCUT2D eigenvalue weighted by atomic mass is 16.5. The Balaban J connectivity index is 2.05. The standard InChI is InChI=1S/C12H23NO/c1-4-5-6-7-8-9-12-13-10(2)11(3)14-12/h10-11H,4-9H2,1-3H3. The van der Waals surface area contributed by atoms with Crippen molar-refractivity contribution >= 4 is 5.90 Å². The second-order valence-electron chi connectivity index (χ2n) is 4.25. The lowest BCUT2D eigenvalue weighted by atomic mass is 10.1. The van der Waals surface area contributed by atoms with Crippen molar-refractivity contribution in [1.82, 2.24) is 0 Å². The van der Waals surface area contributed by atoms with Gasteiger partial charge in [-0.15, -0.1) is 0 Å². The van der Waals surface area contributed by atoms with E-state index in [4.69, 9.17) is 4.74 Å². The molecular formula is C12H23NO. The summed E-state index contributed by atoms with van der Waals surface area (Å²) < 4.78 is 5.63. The van der Waals surface area contributed by atoms with Gasteiger partial charge in [0, 0.05) is 6.42 Å². The Hall–Kier alpha value is -0.530. The Morgan fingerprint density at radius 2 is 1.86 bits per heavy atom. The van der Waals surface area contributed by atoms with Crippen molar-refractivity contribution in [3.8, 4) is 0 Å². The van der Waals surface area contributed by atoms with Gasteiger partial charge in [0.25, 0.3) is 0 Å². The zero-order valence-electron chi connectivity index (χ0n) is 9.75. The molecule has 0 saturated heterocycles. The first-order valence-electron chi connectivity index (χ1n) is 5.97. The number of aliphatic imine (C=N–C) groups is 1. The summed E-state index contributed by atoms with van der Waals surface area (Å²) in [5.74, 6) is 0.987. The van der Waals surface area contributed by atoms with Gasteiger partial charge in [-0.25, -0.2) is 4.99 Å². The number of unbranched alkanes of at least 4 members (excludes halogenated alkanes) is 4. The van der Waals surface area contributed by atoms with Gasteiger partial charge in [-0.2, -0.15) is 0 Å². The lowest BCUT2D eigenvalue weighted by molar-refractivity contribution is 0.213. The molecule has 0 aromatic rings. The second-order valence-corrected chi connectivity index (χ2v) is 4.25. The highest BCUT2D eigenvalue weighted by Crippen LogP contribution is 2.16. The molecule has 0 spiro atoms. The number of rotatable bonds is 6. The molecule has 0 N–H and O–H groups in total. The van der Waals surface area contributed by atoms with Crippen LogP contribution in [0, 0.1) is 0 Å². The van der Waals surface area contributed by atoms with E-state index in [1.807, 2.05) is 0 Å². The number of nitrogens with zero attached hydrogens (tertiary/aromatic N) is 1. The van der Waals surface area contributed by atoms with Crippen LogP contribution in [0.2, 0.25) is 0 Å². The highest BCUT2D eigenvalue weighted by Gasteiger charge is 2.21. The minimum Gasteiger partial charge on any atom is -0.476 e. The summed E-state index contributed by atoms with van der Waals surface area (Å²) in [6, 6.07) is 0.362. The van der Waals surface area contributed by atoms with E-state index in [9.17, 15) is 0 Å². The minimum absolute atomic E-state index is 0.292. The average Bonchev–Trinajstić information content (AvgIpc) is 2.46. The summed E-state index contributed by atoms with van der Waals surface area (Å²) in [5, 5.41) is 0. The van der Waals surface area contributed by atoms with Crippen LogP contribution in [0.1, 0.15) is 59.3 Å². The maximum absolute atomic E-state index is 5.63.